The lowest BCUT2D eigenvalue weighted by Gasteiger charge is -2.11. The minimum Gasteiger partial charge on any atom is -0.332 e. The lowest BCUT2D eigenvalue weighted by molar-refractivity contribution is -0.384. The van der Waals surface area contributed by atoms with Crippen LogP contribution in [0.15, 0.2) is 79.0 Å². The summed E-state index contributed by atoms with van der Waals surface area (Å²) in [6.45, 7) is 0. The van der Waals surface area contributed by atoms with Crippen LogP contribution in [0.3, 0.4) is 0 Å². The molecule has 0 amide bonds. The largest absolute Gasteiger partial charge is 0.332 e. The van der Waals surface area contributed by atoms with Crippen LogP contribution in [0.25, 0.3) is 10.9 Å². The minimum absolute atomic E-state index is 0.00724. The average Bonchev–Trinajstić information content (AvgIpc) is 3.16. The van der Waals surface area contributed by atoms with Gasteiger partial charge in [0, 0.05) is 40.7 Å². The molecule has 2 N–H and O–H groups in total. The zero-order valence-corrected chi connectivity index (χ0v) is 16.7. The molecule has 0 saturated heterocycles. The summed E-state index contributed by atoms with van der Waals surface area (Å²) in [6.07, 6.45) is 1.63. The molecule has 1 heterocycles. The molecule has 0 fully saturated rings. The van der Waals surface area contributed by atoms with E-state index in [0.29, 0.717) is 22.0 Å². The number of nitro benzene ring substituents is 1. The van der Waals surface area contributed by atoms with Crippen molar-refractivity contribution in [2.75, 3.05) is 10.6 Å². The van der Waals surface area contributed by atoms with Crippen LogP contribution in [0.1, 0.15) is 10.4 Å². The molecule has 0 aliphatic carbocycles. The fourth-order valence-corrected chi connectivity index (χ4v) is 3.35. The van der Waals surface area contributed by atoms with E-state index in [9.17, 15) is 19.3 Å². The molecular formula is C22H15FN4O3S. The highest BCUT2D eigenvalue weighted by Gasteiger charge is 2.13. The van der Waals surface area contributed by atoms with Crippen molar-refractivity contribution in [2.24, 2.45) is 0 Å². The summed E-state index contributed by atoms with van der Waals surface area (Å²) in [6, 6.07) is 18.6. The van der Waals surface area contributed by atoms with Gasteiger partial charge in [-0.1, -0.05) is 6.07 Å². The summed E-state index contributed by atoms with van der Waals surface area (Å²) in [5, 5.41) is 17.8. The summed E-state index contributed by atoms with van der Waals surface area (Å²) in [5.41, 5.74) is 2.23. The monoisotopic (exact) mass is 434 g/mol. The van der Waals surface area contributed by atoms with Gasteiger partial charge >= 0.3 is 0 Å². The Labute approximate surface area is 181 Å². The number of nitro groups is 1. The number of thiocarbonyl (C=S) groups is 1. The van der Waals surface area contributed by atoms with E-state index < -0.39 is 10.7 Å². The third-order valence-corrected chi connectivity index (χ3v) is 4.78. The van der Waals surface area contributed by atoms with Crippen molar-refractivity contribution in [3.63, 3.8) is 0 Å². The molecule has 31 heavy (non-hydrogen) atoms. The Bertz CT molecular complexity index is 1320. The number of hydrogen-bond donors (Lipinski definition) is 2. The molecule has 3 aromatic carbocycles. The third kappa shape index (κ3) is 4.41. The number of aromatic nitrogens is 1. The second kappa shape index (κ2) is 8.33. The molecule has 0 aliphatic heterocycles. The van der Waals surface area contributed by atoms with Gasteiger partial charge in [-0.2, -0.15) is 0 Å². The predicted molar refractivity (Wildman–Crippen MR) is 121 cm³/mol. The first-order valence-electron chi connectivity index (χ1n) is 9.14. The second-order valence-corrected chi connectivity index (χ2v) is 7.07. The van der Waals surface area contributed by atoms with Gasteiger partial charge in [0.2, 0.25) is 0 Å². The molecule has 9 heteroatoms. The van der Waals surface area contributed by atoms with Crippen molar-refractivity contribution in [1.29, 1.82) is 0 Å². The number of carbonyl (C=O) groups is 1. The van der Waals surface area contributed by atoms with Crippen molar-refractivity contribution >= 4 is 51.2 Å². The van der Waals surface area contributed by atoms with Gasteiger partial charge < -0.3 is 10.6 Å². The molecular weight excluding hydrogens is 419 g/mol. The van der Waals surface area contributed by atoms with E-state index in [4.69, 9.17) is 12.2 Å². The Morgan fingerprint density at radius 1 is 0.968 bits per heavy atom. The molecule has 0 unspecified atom stereocenters. The van der Waals surface area contributed by atoms with E-state index >= 15 is 0 Å². The summed E-state index contributed by atoms with van der Waals surface area (Å²) >= 11 is 5.30. The SMILES string of the molecule is O=C(c1cccc(F)c1)n1ccc2cc(NC(=S)Nc3ccc([N+](=O)[O-])cc3)ccc21. The van der Waals surface area contributed by atoms with Gasteiger partial charge in [0.25, 0.3) is 11.6 Å². The van der Waals surface area contributed by atoms with Crippen molar-refractivity contribution in [2.45, 2.75) is 0 Å². The number of fused-ring (bicyclic) bond motifs is 1. The first-order chi connectivity index (χ1) is 14.9. The van der Waals surface area contributed by atoms with Crippen LogP contribution in [0.2, 0.25) is 0 Å². The van der Waals surface area contributed by atoms with Crippen LogP contribution in [0.4, 0.5) is 21.5 Å². The van der Waals surface area contributed by atoms with Crippen molar-refractivity contribution in [1.82, 2.24) is 4.57 Å². The quantitative estimate of drug-likeness (QED) is 0.261. The predicted octanol–water partition coefficient (Wildman–Crippen LogP) is 5.19. The number of carbonyl (C=O) groups excluding carboxylic acids is 1. The summed E-state index contributed by atoms with van der Waals surface area (Å²) < 4.78 is 14.9. The molecule has 0 radical (unpaired) electrons. The molecule has 7 nitrogen and oxygen atoms in total. The molecule has 154 valence electrons. The van der Waals surface area contributed by atoms with Crippen molar-refractivity contribution in [3.05, 3.63) is 100 Å². The first kappa shape index (κ1) is 20.2. The van der Waals surface area contributed by atoms with Crippen molar-refractivity contribution < 1.29 is 14.1 Å². The average molecular weight is 434 g/mol. The number of rotatable bonds is 4. The molecule has 0 saturated carbocycles. The van der Waals surface area contributed by atoms with Crippen LogP contribution >= 0.6 is 12.2 Å². The Kier molecular flexibility index (Phi) is 5.42. The minimum atomic E-state index is -0.471. The Hall–Kier alpha value is -4.11. The van der Waals surface area contributed by atoms with Gasteiger partial charge in [-0.3, -0.25) is 19.5 Å². The van der Waals surface area contributed by atoms with Crippen LogP contribution < -0.4 is 10.6 Å². The highest BCUT2D eigenvalue weighted by Crippen LogP contribution is 2.22. The number of nitrogens with zero attached hydrogens (tertiary/aromatic N) is 2. The normalized spacial score (nSPS) is 10.6. The van der Waals surface area contributed by atoms with E-state index in [0.717, 1.165) is 5.39 Å². The van der Waals surface area contributed by atoms with Crippen LogP contribution in [0.5, 0.6) is 0 Å². The van der Waals surface area contributed by atoms with E-state index in [1.165, 1.54) is 34.9 Å². The number of anilines is 2. The molecule has 4 rings (SSSR count). The molecule has 0 aliphatic rings. The van der Waals surface area contributed by atoms with Crippen LogP contribution in [-0.2, 0) is 0 Å². The topological polar surface area (TPSA) is 89.2 Å². The fourth-order valence-electron chi connectivity index (χ4n) is 3.12. The highest BCUT2D eigenvalue weighted by atomic mass is 32.1. The molecule has 0 spiro atoms. The maximum atomic E-state index is 13.5. The Morgan fingerprint density at radius 2 is 1.68 bits per heavy atom. The summed E-state index contributed by atoms with van der Waals surface area (Å²) in [7, 11) is 0. The molecule has 0 atom stereocenters. The lowest BCUT2D eigenvalue weighted by atomic mass is 10.2. The third-order valence-electron chi connectivity index (χ3n) is 4.57. The van der Waals surface area contributed by atoms with Gasteiger partial charge in [-0.25, -0.2) is 4.39 Å². The van der Waals surface area contributed by atoms with E-state index in [2.05, 4.69) is 10.6 Å². The maximum absolute atomic E-state index is 13.5. The zero-order chi connectivity index (χ0) is 22.0. The molecule has 0 bridgehead atoms. The lowest BCUT2D eigenvalue weighted by Crippen LogP contribution is -2.19. The molecule has 1 aromatic heterocycles. The van der Waals surface area contributed by atoms with Gasteiger partial charge in [0.1, 0.15) is 5.82 Å². The number of hydrogen-bond acceptors (Lipinski definition) is 4. The Balaban J connectivity index is 1.49. The van der Waals surface area contributed by atoms with E-state index in [-0.39, 0.29) is 17.2 Å². The smallest absolute Gasteiger partial charge is 0.269 e. The van der Waals surface area contributed by atoms with Crippen LogP contribution in [0, 0.1) is 15.9 Å². The molecule has 4 aromatic rings. The van der Waals surface area contributed by atoms with Crippen molar-refractivity contribution in [3.8, 4) is 0 Å². The number of nitrogens with one attached hydrogen (secondary N) is 2. The van der Waals surface area contributed by atoms with Gasteiger partial charge in [0.15, 0.2) is 5.11 Å². The van der Waals surface area contributed by atoms with E-state index in [1.54, 1.807) is 42.6 Å². The fraction of sp³-hybridized carbons (Fsp3) is 0. The highest BCUT2D eigenvalue weighted by molar-refractivity contribution is 7.80. The Morgan fingerprint density at radius 3 is 2.39 bits per heavy atom. The van der Waals surface area contributed by atoms with E-state index in [1.807, 2.05) is 6.07 Å². The number of non-ortho nitro benzene ring substituents is 1. The first-order valence-corrected chi connectivity index (χ1v) is 9.55. The standard InChI is InChI=1S/C22H15FN4O3S/c23-16-3-1-2-15(12-16)21(28)26-11-10-14-13-18(6-9-20(14)26)25-22(31)24-17-4-7-19(8-5-17)27(29)30/h1-13H,(H2,24,25,31). The maximum Gasteiger partial charge on any atom is 0.269 e. The van der Waals surface area contributed by atoms with Gasteiger partial charge in [-0.15, -0.1) is 0 Å². The number of halogens is 1. The van der Waals surface area contributed by atoms with Gasteiger partial charge in [-0.05, 0) is 66.8 Å². The second-order valence-electron chi connectivity index (χ2n) is 6.66. The summed E-state index contributed by atoms with van der Waals surface area (Å²) in [5.74, 6) is -0.798. The number of benzene rings is 3. The summed E-state index contributed by atoms with van der Waals surface area (Å²) in [4.78, 5) is 23.0. The zero-order valence-electron chi connectivity index (χ0n) is 15.9. The van der Waals surface area contributed by atoms with Gasteiger partial charge in [0.05, 0.1) is 10.4 Å². The van der Waals surface area contributed by atoms with Crippen LogP contribution in [-0.4, -0.2) is 20.5 Å².